The summed E-state index contributed by atoms with van der Waals surface area (Å²) in [5.41, 5.74) is -1.35. The van der Waals surface area contributed by atoms with Gasteiger partial charge in [0.25, 0.3) is 0 Å². The van der Waals surface area contributed by atoms with Crippen LogP contribution in [0.3, 0.4) is 0 Å². The van der Waals surface area contributed by atoms with Gasteiger partial charge in [0.15, 0.2) is 0 Å². The van der Waals surface area contributed by atoms with Crippen molar-refractivity contribution in [3.05, 3.63) is 0 Å². The predicted octanol–water partition coefficient (Wildman–Crippen LogP) is 2.44. The minimum absolute atomic E-state index is 0.0838. The Morgan fingerprint density at radius 3 is 1.64 bits per heavy atom. The molecule has 0 aromatic carbocycles. The van der Waals surface area contributed by atoms with E-state index in [1.165, 1.54) is 0 Å². The number of esters is 4. The summed E-state index contributed by atoms with van der Waals surface area (Å²) >= 11 is 0. The summed E-state index contributed by atoms with van der Waals surface area (Å²) in [5, 5.41) is 0. The Bertz CT molecular complexity index is 640. The molecule has 0 aromatic heterocycles. The normalized spacial score (nSPS) is 26.1. The zero-order valence-corrected chi connectivity index (χ0v) is 17.4. The Morgan fingerprint density at radius 2 is 1.18 bits per heavy atom. The molecule has 0 radical (unpaired) electrons. The molecular weight excluding hydrogens is 368 g/mol. The van der Waals surface area contributed by atoms with Crippen molar-refractivity contribution in [3.8, 4) is 0 Å². The fourth-order valence-corrected chi connectivity index (χ4v) is 3.41. The SMILES string of the molecule is CC(C)(C)C(=O)OCOC(=O)C1CCC2C(C(=O)OCOC(=O)C(C)(C)C)C12. The monoisotopic (exact) mass is 398 g/mol. The highest BCUT2D eigenvalue weighted by molar-refractivity contribution is 5.82. The van der Waals surface area contributed by atoms with Gasteiger partial charge in [-0.05, 0) is 66.2 Å². The molecule has 158 valence electrons. The van der Waals surface area contributed by atoms with E-state index in [2.05, 4.69) is 0 Å². The molecule has 2 rings (SSSR count). The summed E-state index contributed by atoms with van der Waals surface area (Å²) in [4.78, 5) is 47.8. The molecule has 8 heteroatoms. The second kappa shape index (κ2) is 8.09. The molecule has 8 nitrogen and oxygen atoms in total. The van der Waals surface area contributed by atoms with Gasteiger partial charge in [-0.1, -0.05) is 0 Å². The van der Waals surface area contributed by atoms with Crippen LogP contribution in [0.2, 0.25) is 0 Å². The van der Waals surface area contributed by atoms with Gasteiger partial charge in [-0.15, -0.1) is 0 Å². The number of carbonyl (C=O) groups is 4. The van der Waals surface area contributed by atoms with Gasteiger partial charge in [-0.25, -0.2) is 0 Å². The molecule has 0 aliphatic heterocycles. The van der Waals surface area contributed by atoms with Gasteiger partial charge in [0.2, 0.25) is 13.6 Å². The van der Waals surface area contributed by atoms with E-state index >= 15 is 0 Å². The Kier molecular flexibility index (Phi) is 6.41. The summed E-state index contributed by atoms with van der Waals surface area (Å²) < 4.78 is 20.0. The third-order valence-electron chi connectivity index (χ3n) is 5.09. The molecule has 28 heavy (non-hydrogen) atoms. The number of ether oxygens (including phenoxy) is 4. The molecule has 4 atom stereocenters. The van der Waals surface area contributed by atoms with E-state index < -0.39 is 54.2 Å². The van der Waals surface area contributed by atoms with Crippen LogP contribution >= 0.6 is 0 Å². The fraction of sp³-hybridized carbons (Fsp3) is 0.800. The van der Waals surface area contributed by atoms with E-state index in [9.17, 15) is 19.2 Å². The van der Waals surface area contributed by atoms with E-state index in [1.807, 2.05) is 0 Å². The number of hydrogen-bond donors (Lipinski definition) is 0. The van der Waals surface area contributed by atoms with Gasteiger partial charge in [-0.3, -0.25) is 19.2 Å². The van der Waals surface area contributed by atoms with Crippen LogP contribution in [-0.2, 0) is 38.1 Å². The summed E-state index contributed by atoms with van der Waals surface area (Å²) in [6, 6.07) is 0. The van der Waals surface area contributed by atoms with Gasteiger partial charge in [0, 0.05) is 0 Å². The maximum atomic E-state index is 12.3. The lowest BCUT2D eigenvalue weighted by molar-refractivity contribution is -0.175. The first-order valence-corrected chi connectivity index (χ1v) is 9.51. The molecule has 0 N–H and O–H groups in total. The van der Waals surface area contributed by atoms with Crippen molar-refractivity contribution in [1.29, 1.82) is 0 Å². The lowest BCUT2D eigenvalue weighted by Gasteiger charge is -2.18. The molecule has 4 unspecified atom stereocenters. The van der Waals surface area contributed by atoms with Gasteiger partial charge in [0.05, 0.1) is 22.7 Å². The minimum atomic E-state index is -0.674. The molecule has 2 saturated carbocycles. The van der Waals surface area contributed by atoms with Crippen molar-refractivity contribution >= 4 is 23.9 Å². The highest BCUT2D eigenvalue weighted by Crippen LogP contribution is 2.61. The van der Waals surface area contributed by atoms with Crippen molar-refractivity contribution in [2.45, 2.75) is 54.4 Å². The zero-order chi connectivity index (χ0) is 21.3. The number of hydrogen-bond acceptors (Lipinski definition) is 8. The van der Waals surface area contributed by atoms with E-state index in [4.69, 9.17) is 18.9 Å². The molecule has 0 spiro atoms. The van der Waals surface area contributed by atoms with Crippen LogP contribution in [0.1, 0.15) is 54.4 Å². The van der Waals surface area contributed by atoms with Gasteiger partial charge in [0.1, 0.15) is 0 Å². The first kappa shape index (κ1) is 22.2. The summed E-state index contributed by atoms with van der Waals surface area (Å²) in [5.74, 6) is -2.68. The summed E-state index contributed by atoms with van der Waals surface area (Å²) in [6.07, 6.45) is 1.36. The van der Waals surface area contributed by atoms with Crippen LogP contribution in [0.25, 0.3) is 0 Å². The predicted molar refractivity (Wildman–Crippen MR) is 96.2 cm³/mol. The molecule has 2 aliphatic rings. The van der Waals surface area contributed by atoms with Crippen LogP contribution in [0.4, 0.5) is 0 Å². The van der Waals surface area contributed by atoms with Gasteiger partial charge >= 0.3 is 23.9 Å². The van der Waals surface area contributed by atoms with Crippen molar-refractivity contribution < 1.29 is 38.1 Å². The van der Waals surface area contributed by atoms with Crippen LogP contribution < -0.4 is 0 Å². The quantitative estimate of drug-likeness (QED) is 0.496. The Labute approximate surface area is 165 Å². The van der Waals surface area contributed by atoms with Crippen LogP contribution in [0.15, 0.2) is 0 Å². The van der Waals surface area contributed by atoms with Crippen LogP contribution in [0, 0.1) is 34.5 Å². The van der Waals surface area contributed by atoms with E-state index in [0.29, 0.717) is 6.42 Å². The second-order valence-electron chi connectivity index (χ2n) is 9.48. The van der Waals surface area contributed by atoms with E-state index in [-0.39, 0.29) is 17.8 Å². The minimum Gasteiger partial charge on any atom is -0.428 e. The number of fused-ring (bicyclic) bond motifs is 1. The maximum absolute atomic E-state index is 12.3. The molecular formula is C20H30O8. The Balaban J connectivity index is 1.74. The first-order valence-electron chi connectivity index (χ1n) is 9.51. The number of rotatable bonds is 6. The molecule has 0 heterocycles. The smallest absolute Gasteiger partial charge is 0.314 e. The third kappa shape index (κ3) is 5.23. The van der Waals surface area contributed by atoms with E-state index in [0.717, 1.165) is 6.42 Å². The fourth-order valence-electron chi connectivity index (χ4n) is 3.41. The molecule has 0 saturated heterocycles. The standard InChI is InChI=1S/C20H30O8/c1-19(2,3)17(23)27-9-25-15(21)12-8-7-11-13(12)14(11)16(22)26-10-28-18(24)20(4,5)6/h11-14H,7-10H2,1-6H3. The van der Waals surface area contributed by atoms with Crippen molar-refractivity contribution in [1.82, 2.24) is 0 Å². The van der Waals surface area contributed by atoms with Crippen LogP contribution in [-0.4, -0.2) is 37.5 Å². The lowest BCUT2D eigenvalue weighted by atomic mass is 9.97. The highest BCUT2D eigenvalue weighted by Gasteiger charge is 2.64. The summed E-state index contributed by atoms with van der Waals surface area (Å²) in [7, 11) is 0. The van der Waals surface area contributed by atoms with Gasteiger partial charge < -0.3 is 18.9 Å². The molecule has 2 aliphatic carbocycles. The summed E-state index contributed by atoms with van der Waals surface area (Å²) in [6.45, 7) is 9.38. The van der Waals surface area contributed by atoms with Crippen molar-refractivity contribution in [3.63, 3.8) is 0 Å². The zero-order valence-electron chi connectivity index (χ0n) is 17.4. The average molecular weight is 398 g/mol. The molecule has 2 fully saturated rings. The third-order valence-corrected chi connectivity index (χ3v) is 5.09. The first-order chi connectivity index (χ1) is 12.8. The Hall–Kier alpha value is -2.12. The average Bonchev–Trinajstić information content (AvgIpc) is 3.12. The molecule has 0 amide bonds. The van der Waals surface area contributed by atoms with E-state index in [1.54, 1.807) is 41.5 Å². The van der Waals surface area contributed by atoms with Crippen LogP contribution in [0.5, 0.6) is 0 Å². The van der Waals surface area contributed by atoms with Gasteiger partial charge in [-0.2, -0.15) is 0 Å². The topological polar surface area (TPSA) is 105 Å². The lowest BCUT2D eigenvalue weighted by Crippen LogP contribution is -2.27. The second-order valence-corrected chi connectivity index (χ2v) is 9.48. The van der Waals surface area contributed by atoms with Crippen molar-refractivity contribution in [2.75, 3.05) is 13.6 Å². The largest absolute Gasteiger partial charge is 0.428 e. The maximum Gasteiger partial charge on any atom is 0.314 e. The Morgan fingerprint density at radius 1 is 0.714 bits per heavy atom. The highest BCUT2D eigenvalue weighted by atomic mass is 16.7. The number of carbonyl (C=O) groups excluding carboxylic acids is 4. The molecule has 0 bridgehead atoms. The van der Waals surface area contributed by atoms with Crippen molar-refractivity contribution in [2.24, 2.45) is 34.5 Å². The molecule has 0 aromatic rings.